The molecule has 1 saturated heterocycles. The van der Waals surface area contributed by atoms with Crippen molar-refractivity contribution in [1.82, 2.24) is 5.32 Å². The molecule has 1 aromatic carbocycles. The summed E-state index contributed by atoms with van der Waals surface area (Å²) in [5.41, 5.74) is 6.84. The first kappa shape index (κ1) is 14.1. The van der Waals surface area contributed by atoms with Crippen LogP contribution in [0.2, 0.25) is 0 Å². The summed E-state index contributed by atoms with van der Waals surface area (Å²) in [6.07, 6.45) is 3.74. The number of rotatable bonds is 4. The zero-order valence-corrected chi connectivity index (χ0v) is 12.0. The van der Waals surface area contributed by atoms with Crippen molar-refractivity contribution in [2.75, 3.05) is 25.1 Å². The highest BCUT2D eigenvalue weighted by Crippen LogP contribution is 2.24. The Morgan fingerprint density at radius 1 is 1.47 bits per heavy atom. The molecule has 0 saturated carbocycles. The van der Waals surface area contributed by atoms with Crippen molar-refractivity contribution in [2.24, 2.45) is 0 Å². The number of nitrogens with two attached hydrogens (primary N) is 1. The van der Waals surface area contributed by atoms with Crippen LogP contribution in [0.4, 0.5) is 5.69 Å². The van der Waals surface area contributed by atoms with Gasteiger partial charge in [0, 0.05) is 29.1 Å². The van der Waals surface area contributed by atoms with Crippen LogP contribution in [-0.4, -0.2) is 30.6 Å². The summed E-state index contributed by atoms with van der Waals surface area (Å²) in [7, 11) is 1.56. The Morgan fingerprint density at radius 3 is 3.00 bits per heavy atom. The van der Waals surface area contributed by atoms with Crippen molar-refractivity contribution in [3.05, 3.63) is 23.8 Å². The molecule has 1 aliphatic heterocycles. The molecule has 2 rings (SSSR count). The Morgan fingerprint density at radius 2 is 2.32 bits per heavy atom. The monoisotopic (exact) mass is 280 g/mol. The van der Waals surface area contributed by atoms with E-state index in [1.54, 1.807) is 25.3 Å². The van der Waals surface area contributed by atoms with Gasteiger partial charge in [-0.1, -0.05) is 6.42 Å². The third-order valence-electron chi connectivity index (χ3n) is 3.19. The van der Waals surface area contributed by atoms with E-state index >= 15 is 0 Å². The van der Waals surface area contributed by atoms with Crippen LogP contribution in [0.5, 0.6) is 5.75 Å². The molecule has 1 aromatic rings. The number of hydrogen-bond donors (Lipinski definition) is 2. The van der Waals surface area contributed by atoms with Gasteiger partial charge in [-0.3, -0.25) is 4.79 Å². The maximum absolute atomic E-state index is 12.1. The number of hydrogen-bond acceptors (Lipinski definition) is 4. The van der Waals surface area contributed by atoms with Gasteiger partial charge >= 0.3 is 0 Å². The molecule has 0 aliphatic carbocycles. The van der Waals surface area contributed by atoms with Gasteiger partial charge in [-0.25, -0.2) is 0 Å². The van der Waals surface area contributed by atoms with E-state index in [0.717, 1.165) is 6.54 Å². The van der Waals surface area contributed by atoms with Crippen LogP contribution in [0, 0.1) is 0 Å². The van der Waals surface area contributed by atoms with E-state index in [-0.39, 0.29) is 5.91 Å². The van der Waals surface area contributed by atoms with E-state index in [0.29, 0.717) is 22.3 Å². The number of methoxy groups -OCH3 is 1. The number of nitrogen functional groups attached to an aromatic ring is 1. The summed E-state index contributed by atoms with van der Waals surface area (Å²) < 4.78 is 5.12. The summed E-state index contributed by atoms with van der Waals surface area (Å²) in [4.78, 5) is 12.1. The number of ether oxygens (including phenoxy) is 1. The molecule has 4 nitrogen and oxygen atoms in total. The van der Waals surface area contributed by atoms with Gasteiger partial charge in [0.2, 0.25) is 0 Å². The quantitative estimate of drug-likeness (QED) is 0.831. The van der Waals surface area contributed by atoms with E-state index in [1.807, 2.05) is 11.8 Å². The van der Waals surface area contributed by atoms with Crippen LogP contribution >= 0.6 is 11.8 Å². The largest absolute Gasteiger partial charge is 0.497 e. The smallest absolute Gasteiger partial charge is 0.251 e. The number of carbonyl (C=O) groups excluding carboxylic acids is 1. The first-order chi connectivity index (χ1) is 9.19. The fourth-order valence-corrected chi connectivity index (χ4v) is 3.39. The number of thioether (sulfide) groups is 1. The van der Waals surface area contributed by atoms with Crippen LogP contribution in [0.15, 0.2) is 18.2 Å². The fraction of sp³-hybridized carbons (Fsp3) is 0.500. The highest BCUT2D eigenvalue weighted by molar-refractivity contribution is 7.99. The third-order valence-corrected chi connectivity index (χ3v) is 4.59. The molecule has 1 unspecified atom stereocenters. The summed E-state index contributed by atoms with van der Waals surface area (Å²) in [5.74, 6) is 1.72. The van der Waals surface area contributed by atoms with Crippen LogP contribution in [-0.2, 0) is 0 Å². The van der Waals surface area contributed by atoms with Gasteiger partial charge in [-0.2, -0.15) is 11.8 Å². The molecular formula is C14H20N2O2S. The van der Waals surface area contributed by atoms with E-state index in [1.165, 1.54) is 25.0 Å². The normalized spacial score (nSPS) is 18.9. The van der Waals surface area contributed by atoms with Crippen LogP contribution in [0.3, 0.4) is 0 Å². The predicted molar refractivity (Wildman–Crippen MR) is 79.8 cm³/mol. The number of anilines is 1. The van der Waals surface area contributed by atoms with Gasteiger partial charge in [0.25, 0.3) is 5.91 Å². The maximum Gasteiger partial charge on any atom is 0.251 e. The van der Waals surface area contributed by atoms with E-state index in [9.17, 15) is 4.79 Å². The van der Waals surface area contributed by atoms with Crippen LogP contribution < -0.4 is 15.8 Å². The predicted octanol–water partition coefficient (Wildman–Crippen LogP) is 2.29. The molecule has 19 heavy (non-hydrogen) atoms. The van der Waals surface area contributed by atoms with Crippen molar-refractivity contribution in [1.29, 1.82) is 0 Å². The number of nitrogens with one attached hydrogen (secondary N) is 1. The van der Waals surface area contributed by atoms with Gasteiger partial charge in [0.1, 0.15) is 5.75 Å². The summed E-state index contributed by atoms with van der Waals surface area (Å²) in [6, 6.07) is 5.08. The fourth-order valence-electron chi connectivity index (χ4n) is 2.15. The molecule has 1 amide bonds. The van der Waals surface area contributed by atoms with Crippen molar-refractivity contribution in [3.63, 3.8) is 0 Å². The van der Waals surface area contributed by atoms with Gasteiger partial charge < -0.3 is 15.8 Å². The standard InChI is InChI=1S/C14H20N2O2S/c1-18-12-7-10(6-11(15)8-12)14(17)16-9-13-4-2-3-5-19-13/h6-8,13H,2-5,9,15H2,1H3,(H,16,17). The molecule has 1 aliphatic rings. The highest BCUT2D eigenvalue weighted by atomic mass is 32.2. The average molecular weight is 280 g/mol. The molecule has 0 bridgehead atoms. The Balaban J connectivity index is 1.93. The van der Waals surface area contributed by atoms with Gasteiger partial charge in [-0.15, -0.1) is 0 Å². The van der Waals surface area contributed by atoms with Gasteiger partial charge in [0.05, 0.1) is 7.11 Å². The molecule has 1 fully saturated rings. The second kappa shape index (κ2) is 6.70. The number of benzene rings is 1. The molecule has 3 N–H and O–H groups in total. The molecule has 0 radical (unpaired) electrons. The van der Waals surface area contributed by atoms with E-state index < -0.39 is 0 Å². The Bertz CT molecular complexity index is 445. The minimum atomic E-state index is -0.0863. The lowest BCUT2D eigenvalue weighted by Gasteiger charge is -2.21. The second-order valence-electron chi connectivity index (χ2n) is 4.69. The summed E-state index contributed by atoms with van der Waals surface area (Å²) in [5, 5.41) is 3.52. The van der Waals surface area contributed by atoms with Crippen molar-refractivity contribution < 1.29 is 9.53 Å². The van der Waals surface area contributed by atoms with E-state index in [2.05, 4.69) is 5.32 Å². The molecule has 0 spiro atoms. The highest BCUT2D eigenvalue weighted by Gasteiger charge is 2.15. The van der Waals surface area contributed by atoms with Gasteiger partial charge in [-0.05, 0) is 30.7 Å². The number of carbonyl (C=O) groups is 1. The van der Waals surface area contributed by atoms with Crippen molar-refractivity contribution >= 4 is 23.4 Å². The van der Waals surface area contributed by atoms with Crippen LogP contribution in [0.25, 0.3) is 0 Å². The van der Waals surface area contributed by atoms with Crippen molar-refractivity contribution in [2.45, 2.75) is 24.5 Å². The lowest BCUT2D eigenvalue weighted by molar-refractivity contribution is 0.0953. The lowest BCUT2D eigenvalue weighted by atomic mass is 10.1. The maximum atomic E-state index is 12.1. The Labute approximate surface area is 118 Å². The zero-order valence-electron chi connectivity index (χ0n) is 11.1. The van der Waals surface area contributed by atoms with Crippen molar-refractivity contribution in [3.8, 4) is 5.75 Å². The first-order valence-corrected chi connectivity index (χ1v) is 7.58. The number of amides is 1. The zero-order chi connectivity index (χ0) is 13.7. The second-order valence-corrected chi connectivity index (χ2v) is 6.10. The molecule has 1 heterocycles. The van der Waals surface area contributed by atoms with Gasteiger partial charge in [0.15, 0.2) is 0 Å². The SMILES string of the molecule is COc1cc(N)cc(C(=O)NCC2CCCCS2)c1. The van der Waals surface area contributed by atoms with Crippen LogP contribution in [0.1, 0.15) is 29.6 Å². The molecule has 0 aromatic heterocycles. The molecule has 5 heteroatoms. The Kier molecular flexibility index (Phi) is 4.96. The third kappa shape index (κ3) is 4.06. The minimum absolute atomic E-state index is 0.0863. The molecule has 104 valence electrons. The summed E-state index contributed by atoms with van der Waals surface area (Å²) in [6.45, 7) is 0.723. The Hall–Kier alpha value is -1.36. The average Bonchev–Trinajstić information content (AvgIpc) is 2.45. The van der Waals surface area contributed by atoms with E-state index in [4.69, 9.17) is 10.5 Å². The lowest BCUT2D eigenvalue weighted by Crippen LogP contribution is -2.31. The molecule has 1 atom stereocenters. The minimum Gasteiger partial charge on any atom is -0.497 e. The first-order valence-electron chi connectivity index (χ1n) is 6.53. The summed E-state index contributed by atoms with van der Waals surface area (Å²) >= 11 is 1.95. The topological polar surface area (TPSA) is 64.3 Å². The molecular weight excluding hydrogens is 260 g/mol.